The van der Waals surface area contributed by atoms with Crippen molar-refractivity contribution in [2.24, 2.45) is 0 Å². The summed E-state index contributed by atoms with van der Waals surface area (Å²) in [5.74, 6) is -1.02. The molecule has 2 aromatic heterocycles. The van der Waals surface area contributed by atoms with Gasteiger partial charge in [-0.15, -0.1) is 0 Å². The van der Waals surface area contributed by atoms with E-state index in [1.807, 2.05) is 5.32 Å². The quantitative estimate of drug-likeness (QED) is 0.661. The minimum Gasteiger partial charge on any atom is -0.429 e. The van der Waals surface area contributed by atoms with Crippen LogP contribution in [0.5, 0.6) is 5.75 Å². The van der Waals surface area contributed by atoms with Crippen molar-refractivity contribution in [3.05, 3.63) is 54.0 Å². The van der Waals surface area contributed by atoms with Gasteiger partial charge in [-0.1, -0.05) is 0 Å². The molecule has 2 amide bonds. The molecule has 10 heteroatoms. The van der Waals surface area contributed by atoms with E-state index in [1.54, 1.807) is 31.3 Å². The van der Waals surface area contributed by atoms with Crippen molar-refractivity contribution in [1.82, 2.24) is 19.9 Å². The second kappa shape index (κ2) is 6.41. The molecule has 1 saturated heterocycles. The topological polar surface area (TPSA) is 124 Å². The number of hydrogen-bond donors (Lipinski definition) is 2. The maximum atomic E-state index is 12.4. The van der Waals surface area contributed by atoms with Gasteiger partial charge in [0.05, 0.1) is 11.3 Å². The number of anilines is 1. The summed E-state index contributed by atoms with van der Waals surface area (Å²) in [5, 5.41) is 9.03. The zero-order valence-corrected chi connectivity index (χ0v) is 14.0. The van der Waals surface area contributed by atoms with Gasteiger partial charge < -0.3 is 14.8 Å². The number of carbonyl (C=O) groups excluding carboxylic acids is 3. The summed E-state index contributed by atoms with van der Waals surface area (Å²) >= 11 is 0. The highest BCUT2D eigenvalue weighted by atomic mass is 16.6. The summed E-state index contributed by atoms with van der Waals surface area (Å²) in [6.45, 7) is 0. The third kappa shape index (κ3) is 2.92. The van der Waals surface area contributed by atoms with E-state index < -0.39 is 24.1 Å². The number of amides is 2. The molecule has 2 N–H and O–H groups in total. The van der Waals surface area contributed by atoms with Crippen molar-refractivity contribution in [3.8, 4) is 5.75 Å². The number of pyridine rings is 1. The Kier molecular flexibility index (Phi) is 3.92. The third-order valence-corrected chi connectivity index (χ3v) is 3.99. The first-order valence-corrected chi connectivity index (χ1v) is 7.91. The molecule has 0 aliphatic carbocycles. The van der Waals surface area contributed by atoms with Crippen molar-refractivity contribution in [2.75, 3.05) is 12.4 Å². The number of hydrogen-bond acceptors (Lipinski definition) is 8. The van der Waals surface area contributed by atoms with Crippen LogP contribution in [0.15, 0.2) is 42.7 Å². The monoisotopic (exact) mass is 367 g/mol. The molecule has 0 spiro atoms. The van der Waals surface area contributed by atoms with Gasteiger partial charge in [0.15, 0.2) is 11.4 Å². The Morgan fingerprint density at radius 1 is 1.22 bits per heavy atom. The summed E-state index contributed by atoms with van der Waals surface area (Å²) in [4.78, 5) is 39.5. The number of rotatable bonds is 4. The van der Waals surface area contributed by atoms with Crippen LogP contribution in [0.3, 0.4) is 0 Å². The number of carbonyl (C=O) groups is 3. The minimum atomic E-state index is -1.15. The number of benzene rings is 1. The molecular weight excluding hydrogens is 354 g/mol. The lowest BCUT2D eigenvalue weighted by atomic mass is 10.2. The molecule has 1 fully saturated rings. The van der Waals surface area contributed by atoms with E-state index in [2.05, 4.69) is 15.4 Å². The van der Waals surface area contributed by atoms with Crippen LogP contribution in [0.4, 0.5) is 10.5 Å². The van der Waals surface area contributed by atoms with Gasteiger partial charge in [-0.3, -0.25) is 10.1 Å². The number of cyclic esters (lactones) is 1. The summed E-state index contributed by atoms with van der Waals surface area (Å²) < 4.78 is 11.7. The number of alkyl carbamates (subject to hydrolysis) is 1. The molecule has 136 valence electrons. The normalized spacial score (nSPS) is 16.1. The van der Waals surface area contributed by atoms with Crippen molar-refractivity contribution in [1.29, 1.82) is 0 Å². The third-order valence-electron chi connectivity index (χ3n) is 3.99. The zero-order valence-electron chi connectivity index (χ0n) is 14.0. The van der Waals surface area contributed by atoms with Crippen LogP contribution in [-0.2, 0) is 9.53 Å². The zero-order chi connectivity index (χ0) is 19.0. The van der Waals surface area contributed by atoms with E-state index in [0.717, 1.165) is 5.69 Å². The maximum Gasteiger partial charge on any atom is 0.415 e. The van der Waals surface area contributed by atoms with Crippen LogP contribution < -0.4 is 15.4 Å². The Hall–Kier alpha value is -3.95. The number of nitrogens with one attached hydrogen (secondary N) is 2. The molecule has 3 heterocycles. The van der Waals surface area contributed by atoms with Crippen molar-refractivity contribution in [2.45, 2.75) is 6.10 Å². The molecule has 1 aromatic carbocycles. The van der Waals surface area contributed by atoms with E-state index in [0.29, 0.717) is 5.56 Å². The van der Waals surface area contributed by atoms with E-state index >= 15 is 0 Å². The van der Waals surface area contributed by atoms with E-state index in [-0.39, 0.29) is 17.1 Å². The molecule has 1 unspecified atom stereocenters. The number of fused-ring (bicyclic) bond motifs is 1. The molecular formula is C17H13N5O5. The summed E-state index contributed by atoms with van der Waals surface area (Å²) in [5.41, 5.74) is 1.72. The molecule has 4 rings (SSSR count). The number of imide groups is 1. The standard InChI is InChI=1S/C17H13N5O5/c1-18-10-4-2-9(3-5-10)16(24)26-12-7-6-11(22-14(12)19-8-20-22)13-15(23)21-17(25)27-13/h2-8,13,18H,1H3,(H,21,23,25). The molecule has 0 radical (unpaired) electrons. The summed E-state index contributed by atoms with van der Waals surface area (Å²) in [6.07, 6.45) is -0.744. The largest absolute Gasteiger partial charge is 0.429 e. The predicted molar refractivity (Wildman–Crippen MR) is 91.3 cm³/mol. The highest BCUT2D eigenvalue weighted by molar-refractivity contribution is 6.00. The number of ether oxygens (including phenoxy) is 2. The Morgan fingerprint density at radius 2 is 2.00 bits per heavy atom. The molecule has 1 atom stereocenters. The fourth-order valence-corrected chi connectivity index (χ4v) is 2.67. The first kappa shape index (κ1) is 16.5. The van der Waals surface area contributed by atoms with Gasteiger partial charge in [-0.2, -0.15) is 5.10 Å². The van der Waals surface area contributed by atoms with Gasteiger partial charge in [0, 0.05) is 12.7 Å². The van der Waals surface area contributed by atoms with E-state index in [1.165, 1.54) is 23.0 Å². The Morgan fingerprint density at radius 3 is 2.67 bits per heavy atom. The van der Waals surface area contributed by atoms with Crippen molar-refractivity contribution < 1.29 is 23.9 Å². The molecule has 1 aliphatic heterocycles. The number of aromatic nitrogens is 3. The first-order chi connectivity index (χ1) is 13.1. The van der Waals surface area contributed by atoms with Crippen LogP contribution in [-0.4, -0.2) is 39.6 Å². The fourth-order valence-electron chi connectivity index (χ4n) is 2.67. The predicted octanol–water partition coefficient (Wildman–Crippen LogP) is 1.30. The van der Waals surface area contributed by atoms with Crippen LogP contribution >= 0.6 is 0 Å². The minimum absolute atomic E-state index is 0.156. The lowest BCUT2D eigenvalue weighted by Gasteiger charge is -2.11. The van der Waals surface area contributed by atoms with Crippen LogP contribution in [0.1, 0.15) is 22.2 Å². The molecule has 0 saturated carbocycles. The average molecular weight is 367 g/mol. The Balaban J connectivity index is 1.64. The van der Waals surface area contributed by atoms with Gasteiger partial charge in [-0.25, -0.2) is 19.1 Å². The van der Waals surface area contributed by atoms with Gasteiger partial charge >= 0.3 is 12.1 Å². The summed E-state index contributed by atoms with van der Waals surface area (Å²) in [7, 11) is 1.78. The van der Waals surface area contributed by atoms with Crippen LogP contribution in [0, 0.1) is 0 Å². The maximum absolute atomic E-state index is 12.4. The molecule has 0 bridgehead atoms. The fraction of sp³-hybridized carbons (Fsp3) is 0.118. The SMILES string of the molecule is CNc1ccc(C(=O)Oc2ccc(C3OC(=O)NC3=O)n3ncnc23)cc1. The second-order valence-corrected chi connectivity index (χ2v) is 5.61. The smallest absolute Gasteiger partial charge is 0.415 e. The van der Waals surface area contributed by atoms with E-state index in [9.17, 15) is 14.4 Å². The Bertz CT molecular complexity index is 1060. The van der Waals surface area contributed by atoms with E-state index in [4.69, 9.17) is 9.47 Å². The number of esters is 1. The average Bonchev–Trinajstić information content (AvgIpc) is 3.29. The van der Waals surface area contributed by atoms with Gasteiger partial charge in [-0.05, 0) is 36.4 Å². The lowest BCUT2D eigenvalue weighted by Crippen LogP contribution is -2.21. The van der Waals surface area contributed by atoms with Crippen molar-refractivity contribution in [3.63, 3.8) is 0 Å². The highest BCUT2D eigenvalue weighted by Crippen LogP contribution is 2.27. The molecule has 27 heavy (non-hydrogen) atoms. The molecule has 3 aromatic rings. The molecule has 10 nitrogen and oxygen atoms in total. The van der Waals surface area contributed by atoms with Gasteiger partial charge in [0.1, 0.15) is 6.33 Å². The highest BCUT2D eigenvalue weighted by Gasteiger charge is 2.36. The van der Waals surface area contributed by atoms with Crippen LogP contribution in [0.25, 0.3) is 5.65 Å². The van der Waals surface area contributed by atoms with Gasteiger partial charge in [0.2, 0.25) is 6.10 Å². The van der Waals surface area contributed by atoms with Gasteiger partial charge in [0.25, 0.3) is 5.91 Å². The molecule has 1 aliphatic rings. The lowest BCUT2D eigenvalue weighted by molar-refractivity contribution is -0.123. The summed E-state index contributed by atoms with van der Waals surface area (Å²) in [6, 6.07) is 9.71. The second-order valence-electron chi connectivity index (χ2n) is 5.61. The van der Waals surface area contributed by atoms with Crippen LogP contribution in [0.2, 0.25) is 0 Å². The first-order valence-electron chi connectivity index (χ1n) is 7.91. The Labute approximate surface area is 152 Å². The van der Waals surface area contributed by atoms with Crippen molar-refractivity contribution >= 4 is 29.3 Å². The number of nitrogens with zero attached hydrogens (tertiary/aromatic N) is 3.